The van der Waals surface area contributed by atoms with E-state index >= 15 is 0 Å². The third-order valence-corrected chi connectivity index (χ3v) is 5.73. The zero-order valence-corrected chi connectivity index (χ0v) is 15.4. The summed E-state index contributed by atoms with van der Waals surface area (Å²) < 4.78 is 0. The van der Waals surface area contributed by atoms with Gasteiger partial charge in [0.15, 0.2) is 0 Å². The first kappa shape index (κ1) is 16.8. The van der Waals surface area contributed by atoms with Gasteiger partial charge in [-0.2, -0.15) is 0 Å². The Morgan fingerprint density at radius 2 is 2.08 bits per heavy atom. The number of amides is 1. The number of hydrogen-bond acceptors (Lipinski definition) is 6. The van der Waals surface area contributed by atoms with Gasteiger partial charge in [0, 0.05) is 23.1 Å². The molecule has 6 nitrogen and oxygen atoms in total. The Morgan fingerprint density at radius 1 is 1.29 bits per heavy atom. The molecule has 126 valence electrons. The summed E-state index contributed by atoms with van der Waals surface area (Å²) in [6, 6.07) is 0. The largest absolute Gasteiger partial charge is 0.350 e. The van der Waals surface area contributed by atoms with Gasteiger partial charge in [-0.3, -0.25) is 9.59 Å². The van der Waals surface area contributed by atoms with Crippen molar-refractivity contribution in [3.63, 3.8) is 0 Å². The predicted molar refractivity (Wildman–Crippen MR) is 96.7 cm³/mol. The number of carbonyl (C=O) groups is 1. The Balaban J connectivity index is 1.63. The van der Waals surface area contributed by atoms with Crippen LogP contribution in [0.25, 0.3) is 10.2 Å². The standard InChI is InChI=1S/C16H18N4O2S2/c1-8-9(2)24-16-14(8)15(22)19-12(20-16)4-5-13(21)17-6-11-7-23-10(3)18-11/h7H,4-6H2,1-3H3,(H,17,21)(H,19,20,22). The quantitative estimate of drug-likeness (QED) is 0.730. The Labute approximate surface area is 147 Å². The van der Waals surface area contributed by atoms with Crippen molar-refractivity contribution in [1.29, 1.82) is 0 Å². The van der Waals surface area contributed by atoms with E-state index in [0.29, 0.717) is 24.2 Å². The van der Waals surface area contributed by atoms with Crippen LogP contribution in [0.1, 0.15) is 33.4 Å². The molecule has 0 fully saturated rings. The molecule has 0 aliphatic heterocycles. The highest BCUT2D eigenvalue weighted by Gasteiger charge is 2.12. The lowest BCUT2D eigenvalue weighted by molar-refractivity contribution is -0.121. The summed E-state index contributed by atoms with van der Waals surface area (Å²) in [6.07, 6.45) is 0.685. The number of fused-ring (bicyclic) bond motifs is 1. The van der Waals surface area contributed by atoms with Crippen LogP contribution >= 0.6 is 22.7 Å². The molecule has 24 heavy (non-hydrogen) atoms. The van der Waals surface area contributed by atoms with Crippen LogP contribution in [0.3, 0.4) is 0 Å². The Morgan fingerprint density at radius 3 is 2.79 bits per heavy atom. The molecule has 3 aromatic rings. The van der Waals surface area contributed by atoms with Crippen LogP contribution in [-0.4, -0.2) is 20.9 Å². The molecule has 3 rings (SSSR count). The summed E-state index contributed by atoms with van der Waals surface area (Å²) in [5.41, 5.74) is 1.71. The van der Waals surface area contributed by atoms with Crippen molar-refractivity contribution in [2.24, 2.45) is 0 Å². The van der Waals surface area contributed by atoms with Gasteiger partial charge in [-0.05, 0) is 26.3 Å². The van der Waals surface area contributed by atoms with Gasteiger partial charge in [0.25, 0.3) is 5.56 Å². The number of nitrogens with zero attached hydrogens (tertiary/aromatic N) is 2. The van der Waals surface area contributed by atoms with E-state index in [1.807, 2.05) is 26.2 Å². The minimum Gasteiger partial charge on any atom is -0.350 e. The van der Waals surface area contributed by atoms with Crippen molar-refractivity contribution in [2.75, 3.05) is 0 Å². The van der Waals surface area contributed by atoms with E-state index in [9.17, 15) is 9.59 Å². The number of aryl methyl sites for hydroxylation is 4. The number of carbonyl (C=O) groups excluding carboxylic acids is 1. The topological polar surface area (TPSA) is 87.7 Å². The molecule has 0 spiro atoms. The molecule has 0 saturated carbocycles. The lowest BCUT2D eigenvalue weighted by Crippen LogP contribution is -2.24. The van der Waals surface area contributed by atoms with Crippen LogP contribution in [0.2, 0.25) is 0 Å². The summed E-state index contributed by atoms with van der Waals surface area (Å²) in [4.78, 5) is 37.5. The monoisotopic (exact) mass is 362 g/mol. The Hall–Kier alpha value is -2.06. The van der Waals surface area contributed by atoms with Crippen LogP contribution in [0.5, 0.6) is 0 Å². The van der Waals surface area contributed by atoms with Crippen LogP contribution in [0, 0.1) is 20.8 Å². The SMILES string of the molecule is Cc1nc(CNC(=O)CCc2nc3sc(C)c(C)c3c(=O)[nH]2)cs1. The van der Waals surface area contributed by atoms with Crippen LogP contribution in [0.15, 0.2) is 10.2 Å². The summed E-state index contributed by atoms with van der Waals surface area (Å²) in [7, 11) is 0. The molecule has 0 aliphatic carbocycles. The van der Waals surface area contributed by atoms with Gasteiger partial charge < -0.3 is 10.3 Å². The van der Waals surface area contributed by atoms with Gasteiger partial charge in [0.2, 0.25) is 5.91 Å². The number of aromatic nitrogens is 3. The normalized spacial score (nSPS) is 11.1. The lowest BCUT2D eigenvalue weighted by Gasteiger charge is -2.03. The average Bonchev–Trinajstić information content (AvgIpc) is 3.07. The van der Waals surface area contributed by atoms with Gasteiger partial charge in [0.05, 0.1) is 22.6 Å². The summed E-state index contributed by atoms with van der Waals surface area (Å²) in [5, 5.41) is 6.41. The molecule has 0 aliphatic rings. The second-order valence-electron chi connectivity index (χ2n) is 5.61. The van der Waals surface area contributed by atoms with Crippen LogP contribution in [-0.2, 0) is 17.8 Å². The molecule has 0 radical (unpaired) electrons. The van der Waals surface area contributed by atoms with Crippen LogP contribution in [0.4, 0.5) is 0 Å². The predicted octanol–water partition coefficient (Wildman–Crippen LogP) is 2.62. The highest BCUT2D eigenvalue weighted by Crippen LogP contribution is 2.25. The van der Waals surface area contributed by atoms with Crippen molar-refractivity contribution in [3.05, 3.63) is 42.7 Å². The fraction of sp³-hybridized carbons (Fsp3) is 0.375. The first-order valence-corrected chi connectivity index (χ1v) is 9.30. The van der Waals surface area contributed by atoms with Gasteiger partial charge in [-0.15, -0.1) is 22.7 Å². The van der Waals surface area contributed by atoms with Crippen molar-refractivity contribution >= 4 is 38.8 Å². The zero-order valence-electron chi connectivity index (χ0n) is 13.7. The van der Waals surface area contributed by atoms with Crippen molar-refractivity contribution in [1.82, 2.24) is 20.3 Å². The minimum atomic E-state index is -0.129. The third-order valence-electron chi connectivity index (χ3n) is 3.81. The van der Waals surface area contributed by atoms with E-state index in [0.717, 1.165) is 26.0 Å². The van der Waals surface area contributed by atoms with Gasteiger partial charge >= 0.3 is 0 Å². The van der Waals surface area contributed by atoms with Gasteiger partial charge in [0.1, 0.15) is 10.7 Å². The van der Waals surface area contributed by atoms with Gasteiger partial charge in [-0.25, -0.2) is 9.97 Å². The first-order valence-electron chi connectivity index (χ1n) is 7.60. The second-order valence-corrected chi connectivity index (χ2v) is 7.88. The van der Waals surface area contributed by atoms with E-state index in [4.69, 9.17) is 0 Å². The summed E-state index contributed by atoms with van der Waals surface area (Å²) in [5.74, 6) is 0.468. The molecule has 3 heterocycles. The number of hydrogen-bond donors (Lipinski definition) is 2. The second kappa shape index (κ2) is 6.82. The fourth-order valence-corrected chi connectivity index (χ4v) is 4.08. The molecule has 0 unspecified atom stereocenters. The van der Waals surface area contributed by atoms with Crippen molar-refractivity contribution < 1.29 is 4.79 Å². The Bertz CT molecular complexity index is 955. The van der Waals surface area contributed by atoms with E-state index in [1.165, 1.54) is 11.3 Å². The molecule has 0 atom stereocenters. The summed E-state index contributed by atoms with van der Waals surface area (Å²) >= 11 is 3.07. The van der Waals surface area contributed by atoms with Gasteiger partial charge in [-0.1, -0.05) is 0 Å². The average molecular weight is 362 g/mol. The minimum absolute atomic E-state index is 0.0815. The maximum Gasteiger partial charge on any atom is 0.259 e. The van der Waals surface area contributed by atoms with Crippen molar-refractivity contribution in [2.45, 2.75) is 40.2 Å². The fourth-order valence-electron chi connectivity index (χ4n) is 2.42. The number of nitrogens with one attached hydrogen (secondary N) is 2. The summed E-state index contributed by atoms with van der Waals surface area (Å²) in [6.45, 7) is 6.27. The maximum atomic E-state index is 12.2. The maximum absolute atomic E-state index is 12.2. The number of thiophene rings is 1. The molecule has 0 bridgehead atoms. The Kier molecular flexibility index (Phi) is 4.77. The molecule has 0 saturated heterocycles. The molecular formula is C16H18N4O2S2. The molecular weight excluding hydrogens is 344 g/mol. The lowest BCUT2D eigenvalue weighted by atomic mass is 10.2. The first-order chi connectivity index (χ1) is 11.4. The highest BCUT2D eigenvalue weighted by molar-refractivity contribution is 7.18. The van der Waals surface area contributed by atoms with Crippen LogP contribution < -0.4 is 10.9 Å². The number of rotatable bonds is 5. The van der Waals surface area contributed by atoms with E-state index in [2.05, 4.69) is 20.3 Å². The number of H-pyrrole nitrogens is 1. The highest BCUT2D eigenvalue weighted by atomic mass is 32.1. The number of aromatic amines is 1. The van der Waals surface area contributed by atoms with E-state index in [1.54, 1.807) is 11.3 Å². The molecule has 0 aromatic carbocycles. The number of thiazole rings is 1. The zero-order chi connectivity index (χ0) is 17.3. The smallest absolute Gasteiger partial charge is 0.259 e. The van der Waals surface area contributed by atoms with Crippen molar-refractivity contribution in [3.8, 4) is 0 Å². The molecule has 3 aromatic heterocycles. The molecule has 2 N–H and O–H groups in total. The molecule has 1 amide bonds. The third kappa shape index (κ3) is 3.54. The van der Waals surface area contributed by atoms with E-state index in [-0.39, 0.29) is 17.9 Å². The van der Waals surface area contributed by atoms with E-state index < -0.39 is 0 Å². The molecule has 8 heteroatoms.